The average molecular weight is 253 g/mol. The lowest BCUT2D eigenvalue weighted by molar-refractivity contribution is -0.0819. The van der Waals surface area contributed by atoms with Gasteiger partial charge in [-0.1, -0.05) is 6.92 Å². The van der Waals surface area contributed by atoms with Crippen molar-refractivity contribution in [2.24, 2.45) is 0 Å². The Morgan fingerprint density at radius 3 is 3.17 bits per heavy atom. The van der Waals surface area contributed by atoms with E-state index in [2.05, 4.69) is 10.3 Å². The van der Waals surface area contributed by atoms with E-state index in [4.69, 9.17) is 9.47 Å². The van der Waals surface area contributed by atoms with Crippen LogP contribution in [0.3, 0.4) is 0 Å². The van der Waals surface area contributed by atoms with Gasteiger partial charge in [-0.3, -0.25) is 4.79 Å². The molecule has 0 amide bonds. The van der Waals surface area contributed by atoms with Gasteiger partial charge in [0, 0.05) is 25.5 Å². The first kappa shape index (κ1) is 13.0. The monoisotopic (exact) mass is 253 g/mol. The van der Waals surface area contributed by atoms with E-state index < -0.39 is 0 Å². The van der Waals surface area contributed by atoms with Gasteiger partial charge in [0.15, 0.2) is 5.82 Å². The second-order valence-corrected chi connectivity index (χ2v) is 4.22. The van der Waals surface area contributed by atoms with Crippen LogP contribution in [0.1, 0.15) is 13.3 Å². The molecule has 1 fully saturated rings. The van der Waals surface area contributed by atoms with Crippen molar-refractivity contribution < 1.29 is 9.47 Å². The molecule has 0 bridgehead atoms. The lowest BCUT2D eigenvalue weighted by atomic mass is 10.3. The Kier molecular flexibility index (Phi) is 4.72. The molecule has 0 aliphatic carbocycles. The predicted molar refractivity (Wildman–Crippen MR) is 67.8 cm³/mol. The summed E-state index contributed by atoms with van der Waals surface area (Å²) in [6.07, 6.45) is 4.25. The highest BCUT2D eigenvalue weighted by Gasteiger charge is 2.15. The maximum absolute atomic E-state index is 12.0. The van der Waals surface area contributed by atoms with Crippen molar-refractivity contribution in [3.8, 4) is 0 Å². The molecule has 6 heteroatoms. The van der Waals surface area contributed by atoms with Crippen LogP contribution in [0.4, 0.5) is 5.82 Å². The second kappa shape index (κ2) is 6.51. The molecule has 100 valence electrons. The summed E-state index contributed by atoms with van der Waals surface area (Å²) in [6.45, 7) is 5.09. The average Bonchev–Trinajstić information content (AvgIpc) is 2.41. The fourth-order valence-electron chi connectivity index (χ4n) is 1.85. The van der Waals surface area contributed by atoms with Crippen LogP contribution >= 0.6 is 0 Å². The van der Waals surface area contributed by atoms with E-state index in [0.29, 0.717) is 38.7 Å². The van der Waals surface area contributed by atoms with Gasteiger partial charge in [-0.05, 0) is 6.42 Å². The van der Waals surface area contributed by atoms with Crippen LogP contribution in [0, 0.1) is 0 Å². The summed E-state index contributed by atoms with van der Waals surface area (Å²) in [5.41, 5.74) is -0.0870. The summed E-state index contributed by atoms with van der Waals surface area (Å²) >= 11 is 0. The number of nitrogens with one attached hydrogen (secondary N) is 1. The summed E-state index contributed by atoms with van der Waals surface area (Å²) in [5.74, 6) is 0.375. The lowest BCUT2D eigenvalue weighted by Crippen LogP contribution is -2.36. The van der Waals surface area contributed by atoms with Crippen molar-refractivity contribution >= 4 is 5.82 Å². The minimum Gasteiger partial charge on any atom is -0.376 e. The maximum Gasteiger partial charge on any atom is 0.293 e. The Morgan fingerprint density at radius 2 is 2.44 bits per heavy atom. The van der Waals surface area contributed by atoms with Gasteiger partial charge in [0.25, 0.3) is 5.56 Å². The zero-order valence-electron chi connectivity index (χ0n) is 10.6. The van der Waals surface area contributed by atoms with Crippen molar-refractivity contribution in [3.63, 3.8) is 0 Å². The second-order valence-electron chi connectivity index (χ2n) is 4.22. The van der Waals surface area contributed by atoms with Gasteiger partial charge < -0.3 is 19.4 Å². The van der Waals surface area contributed by atoms with Crippen LogP contribution in [0.5, 0.6) is 0 Å². The summed E-state index contributed by atoms with van der Waals surface area (Å²) in [5, 5.41) is 3.03. The van der Waals surface area contributed by atoms with E-state index in [1.54, 1.807) is 17.0 Å². The summed E-state index contributed by atoms with van der Waals surface area (Å²) in [7, 11) is 0. The highest BCUT2D eigenvalue weighted by Crippen LogP contribution is 2.02. The number of ether oxygens (including phenoxy) is 2. The van der Waals surface area contributed by atoms with Crippen molar-refractivity contribution in [1.82, 2.24) is 9.55 Å². The predicted octanol–water partition coefficient (Wildman–Crippen LogP) is 0.481. The highest BCUT2D eigenvalue weighted by molar-refractivity contribution is 5.30. The summed E-state index contributed by atoms with van der Waals surface area (Å²) < 4.78 is 12.4. The van der Waals surface area contributed by atoms with Crippen molar-refractivity contribution in [2.75, 3.05) is 31.7 Å². The Hall–Kier alpha value is -1.40. The molecule has 1 N–H and O–H groups in total. The van der Waals surface area contributed by atoms with E-state index in [1.807, 2.05) is 6.92 Å². The Morgan fingerprint density at radius 1 is 1.56 bits per heavy atom. The first-order chi connectivity index (χ1) is 8.81. The molecule has 1 aliphatic heterocycles. The first-order valence-corrected chi connectivity index (χ1v) is 6.30. The lowest BCUT2D eigenvalue weighted by Gasteiger charge is -2.23. The van der Waals surface area contributed by atoms with Crippen molar-refractivity contribution in [1.29, 1.82) is 0 Å². The SMILES string of the molecule is CCCn1ccnc(NCC2COCCO2)c1=O. The molecule has 0 radical (unpaired) electrons. The Bertz CT molecular complexity index is 427. The molecule has 1 aromatic rings. The van der Waals surface area contributed by atoms with E-state index in [9.17, 15) is 4.79 Å². The molecule has 18 heavy (non-hydrogen) atoms. The van der Waals surface area contributed by atoms with E-state index in [-0.39, 0.29) is 11.7 Å². The number of hydrogen-bond donors (Lipinski definition) is 1. The van der Waals surface area contributed by atoms with E-state index in [1.165, 1.54) is 0 Å². The van der Waals surface area contributed by atoms with Gasteiger partial charge in [0.05, 0.1) is 25.9 Å². The molecular weight excluding hydrogens is 234 g/mol. The molecule has 1 atom stereocenters. The standard InChI is InChI=1S/C12H19N3O3/c1-2-4-15-5-3-13-11(12(15)16)14-8-10-9-17-6-7-18-10/h3,5,10H,2,4,6-9H2,1H3,(H,13,14). The molecule has 1 unspecified atom stereocenters. The Labute approximate surface area is 106 Å². The third-order valence-electron chi connectivity index (χ3n) is 2.76. The highest BCUT2D eigenvalue weighted by atomic mass is 16.6. The fourth-order valence-corrected chi connectivity index (χ4v) is 1.85. The number of hydrogen-bond acceptors (Lipinski definition) is 5. The number of aryl methyl sites for hydroxylation is 1. The number of nitrogens with zero attached hydrogens (tertiary/aromatic N) is 2. The fraction of sp³-hybridized carbons (Fsp3) is 0.667. The largest absolute Gasteiger partial charge is 0.376 e. The van der Waals surface area contributed by atoms with Gasteiger partial charge in [-0.25, -0.2) is 4.98 Å². The first-order valence-electron chi connectivity index (χ1n) is 6.30. The van der Waals surface area contributed by atoms with Gasteiger partial charge in [0.2, 0.25) is 0 Å². The van der Waals surface area contributed by atoms with Crippen LogP contribution < -0.4 is 10.9 Å². The van der Waals surface area contributed by atoms with Gasteiger partial charge in [-0.2, -0.15) is 0 Å². The molecule has 0 spiro atoms. The number of rotatable bonds is 5. The third-order valence-corrected chi connectivity index (χ3v) is 2.76. The molecular formula is C12H19N3O3. The molecule has 1 aromatic heterocycles. The normalized spacial score (nSPS) is 19.7. The quantitative estimate of drug-likeness (QED) is 0.827. The molecule has 2 rings (SSSR count). The summed E-state index contributed by atoms with van der Waals surface area (Å²) in [6, 6.07) is 0. The molecule has 0 aromatic carbocycles. The van der Waals surface area contributed by atoms with Crippen LogP contribution in [0.15, 0.2) is 17.2 Å². The van der Waals surface area contributed by atoms with Crippen LogP contribution in [-0.4, -0.2) is 42.0 Å². The molecule has 2 heterocycles. The van der Waals surface area contributed by atoms with Gasteiger partial charge in [-0.15, -0.1) is 0 Å². The topological polar surface area (TPSA) is 65.4 Å². The van der Waals surface area contributed by atoms with E-state index in [0.717, 1.165) is 6.42 Å². The molecule has 1 saturated heterocycles. The minimum absolute atomic E-state index is 0.0141. The van der Waals surface area contributed by atoms with Crippen LogP contribution in [-0.2, 0) is 16.0 Å². The van der Waals surface area contributed by atoms with Crippen molar-refractivity contribution in [3.05, 3.63) is 22.7 Å². The van der Waals surface area contributed by atoms with Crippen molar-refractivity contribution in [2.45, 2.75) is 26.0 Å². The number of aromatic nitrogens is 2. The zero-order chi connectivity index (χ0) is 12.8. The zero-order valence-corrected chi connectivity index (χ0v) is 10.6. The minimum atomic E-state index is -0.0870. The van der Waals surface area contributed by atoms with E-state index >= 15 is 0 Å². The Balaban J connectivity index is 1.96. The number of anilines is 1. The van der Waals surface area contributed by atoms with Crippen LogP contribution in [0.2, 0.25) is 0 Å². The third kappa shape index (κ3) is 3.30. The molecule has 6 nitrogen and oxygen atoms in total. The van der Waals surface area contributed by atoms with Gasteiger partial charge in [0.1, 0.15) is 0 Å². The smallest absolute Gasteiger partial charge is 0.293 e. The summed E-state index contributed by atoms with van der Waals surface area (Å²) in [4.78, 5) is 16.1. The maximum atomic E-state index is 12.0. The molecule has 0 saturated carbocycles. The molecule has 1 aliphatic rings. The van der Waals surface area contributed by atoms with Crippen LogP contribution in [0.25, 0.3) is 0 Å². The van der Waals surface area contributed by atoms with Gasteiger partial charge >= 0.3 is 0 Å².